The summed E-state index contributed by atoms with van der Waals surface area (Å²) in [4.78, 5) is 13.8. The number of thioether (sulfide) groups is 1. The lowest BCUT2D eigenvalue weighted by Gasteiger charge is -2.14. The van der Waals surface area contributed by atoms with Crippen molar-refractivity contribution in [2.45, 2.75) is 48.8 Å². The molecular weight excluding hydrogens is 433 g/mol. The van der Waals surface area contributed by atoms with Crippen molar-refractivity contribution in [2.75, 3.05) is 5.32 Å². The van der Waals surface area contributed by atoms with E-state index < -0.39 is 17.0 Å². The van der Waals surface area contributed by atoms with Crippen LogP contribution in [-0.2, 0) is 17.4 Å². The van der Waals surface area contributed by atoms with Crippen molar-refractivity contribution in [1.82, 2.24) is 14.8 Å². The van der Waals surface area contributed by atoms with Crippen LogP contribution in [0.25, 0.3) is 0 Å². The molecule has 0 spiro atoms. The van der Waals surface area contributed by atoms with Crippen molar-refractivity contribution >= 4 is 34.7 Å². The largest absolute Gasteiger partial charge is 0.416 e. The molecule has 0 saturated heterocycles. The standard InChI is InChI=1S/C20H19F3N4OS2/c1-12(18(28)24-14-6-4-13(5-7-14)20(21,22)23)30-19-26-25-17(27(19)15-8-9-15)11-16-3-2-10-29-16/h2-7,10,12,15H,8-9,11H2,1H3,(H,24,28). The SMILES string of the molecule is CC(Sc1nnc(Cc2cccs2)n1C1CC1)C(=O)Nc1ccc(C(F)(F)F)cc1. The first-order valence-corrected chi connectivity index (χ1v) is 11.2. The first-order valence-electron chi connectivity index (χ1n) is 9.42. The highest BCUT2D eigenvalue weighted by Gasteiger charge is 2.32. The third kappa shape index (κ3) is 4.86. The number of benzene rings is 1. The fraction of sp³-hybridized carbons (Fsp3) is 0.350. The number of anilines is 1. The molecule has 1 fully saturated rings. The van der Waals surface area contributed by atoms with Crippen LogP contribution in [0.15, 0.2) is 46.9 Å². The van der Waals surface area contributed by atoms with Crippen LogP contribution >= 0.6 is 23.1 Å². The van der Waals surface area contributed by atoms with E-state index in [1.807, 2.05) is 11.4 Å². The predicted octanol–water partition coefficient (Wildman–Crippen LogP) is 5.40. The van der Waals surface area contributed by atoms with Gasteiger partial charge in [0.1, 0.15) is 5.82 Å². The molecule has 1 atom stereocenters. The summed E-state index contributed by atoms with van der Waals surface area (Å²) in [6.07, 6.45) is -1.57. The number of aromatic nitrogens is 3. The molecule has 1 N–H and O–H groups in total. The number of hydrogen-bond acceptors (Lipinski definition) is 5. The van der Waals surface area contributed by atoms with Crippen LogP contribution in [-0.4, -0.2) is 25.9 Å². The van der Waals surface area contributed by atoms with Crippen LogP contribution in [0, 0.1) is 0 Å². The lowest BCUT2D eigenvalue weighted by Crippen LogP contribution is -2.23. The van der Waals surface area contributed by atoms with Crippen molar-refractivity contribution < 1.29 is 18.0 Å². The number of amides is 1. The molecule has 30 heavy (non-hydrogen) atoms. The third-order valence-corrected chi connectivity index (χ3v) is 6.62. The van der Waals surface area contributed by atoms with Gasteiger partial charge in [0.25, 0.3) is 0 Å². The normalized spacial score (nSPS) is 15.2. The Hall–Kier alpha value is -2.33. The zero-order valence-electron chi connectivity index (χ0n) is 16.0. The van der Waals surface area contributed by atoms with Crippen LogP contribution in [0.3, 0.4) is 0 Å². The van der Waals surface area contributed by atoms with E-state index in [0.29, 0.717) is 23.3 Å². The zero-order valence-corrected chi connectivity index (χ0v) is 17.7. The Morgan fingerprint density at radius 1 is 1.27 bits per heavy atom. The number of nitrogens with zero attached hydrogens (tertiary/aromatic N) is 3. The third-order valence-electron chi connectivity index (χ3n) is 4.69. The van der Waals surface area contributed by atoms with Crippen molar-refractivity contribution in [1.29, 1.82) is 0 Å². The van der Waals surface area contributed by atoms with E-state index in [2.05, 4.69) is 26.1 Å². The highest BCUT2D eigenvalue weighted by Crippen LogP contribution is 2.40. The maximum atomic E-state index is 12.7. The summed E-state index contributed by atoms with van der Waals surface area (Å²) in [5.74, 6) is 0.586. The minimum absolute atomic E-state index is 0.301. The molecule has 5 nitrogen and oxygen atoms in total. The molecule has 1 aliphatic carbocycles. The number of alkyl halides is 3. The van der Waals surface area contributed by atoms with Crippen molar-refractivity contribution in [2.24, 2.45) is 0 Å². The molecule has 1 saturated carbocycles. The molecule has 0 aliphatic heterocycles. The van der Waals surface area contributed by atoms with Gasteiger partial charge in [0.2, 0.25) is 5.91 Å². The van der Waals surface area contributed by atoms with Gasteiger partial charge in [0.15, 0.2) is 5.16 Å². The monoisotopic (exact) mass is 452 g/mol. The maximum absolute atomic E-state index is 12.7. The van der Waals surface area contributed by atoms with E-state index in [1.54, 1.807) is 18.3 Å². The van der Waals surface area contributed by atoms with Gasteiger partial charge < -0.3 is 9.88 Å². The van der Waals surface area contributed by atoms with Gasteiger partial charge >= 0.3 is 6.18 Å². The smallest absolute Gasteiger partial charge is 0.325 e. The average molecular weight is 453 g/mol. The second-order valence-corrected chi connectivity index (χ2v) is 9.42. The predicted molar refractivity (Wildman–Crippen MR) is 111 cm³/mol. The summed E-state index contributed by atoms with van der Waals surface area (Å²) >= 11 is 2.98. The van der Waals surface area contributed by atoms with Gasteiger partial charge in [0, 0.05) is 23.0 Å². The fourth-order valence-corrected chi connectivity index (χ4v) is 4.61. The number of thiophene rings is 1. The summed E-state index contributed by atoms with van der Waals surface area (Å²) in [6, 6.07) is 8.84. The Morgan fingerprint density at radius 3 is 2.60 bits per heavy atom. The van der Waals surface area contributed by atoms with Crippen LogP contribution in [0.4, 0.5) is 18.9 Å². The Morgan fingerprint density at radius 2 is 2.00 bits per heavy atom. The van der Waals surface area contributed by atoms with Crippen LogP contribution in [0.1, 0.15) is 42.1 Å². The maximum Gasteiger partial charge on any atom is 0.416 e. The molecule has 1 aromatic carbocycles. The fourth-order valence-electron chi connectivity index (χ4n) is 2.97. The average Bonchev–Trinajstić information content (AvgIpc) is 3.25. The van der Waals surface area contributed by atoms with Crippen molar-refractivity contribution in [3.05, 3.63) is 58.0 Å². The number of rotatable bonds is 7. The molecule has 2 heterocycles. The second-order valence-electron chi connectivity index (χ2n) is 7.08. The quantitative estimate of drug-likeness (QED) is 0.488. The number of nitrogens with one attached hydrogen (secondary N) is 1. The molecule has 0 bridgehead atoms. The molecule has 2 aromatic heterocycles. The summed E-state index contributed by atoms with van der Waals surface area (Å²) in [7, 11) is 0. The minimum atomic E-state index is -4.40. The summed E-state index contributed by atoms with van der Waals surface area (Å²) in [6.45, 7) is 1.74. The first-order chi connectivity index (χ1) is 14.3. The lowest BCUT2D eigenvalue weighted by molar-refractivity contribution is -0.137. The van der Waals surface area contributed by atoms with E-state index in [1.165, 1.54) is 28.8 Å². The van der Waals surface area contributed by atoms with Crippen LogP contribution in [0.5, 0.6) is 0 Å². The molecule has 10 heteroatoms. The van der Waals surface area contributed by atoms with Gasteiger partial charge in [-0.05, 0) is 55.5 Å². The second kappa shape index (κ2) is 8.43. The van der Waals surface area contributed by atoms with Crippen molar-refractivity contribution in [3.8, 4) is 0 Å². The van der Waals surface area contributed by atoms with Crippen LogP contribution in [0.2, 0.25) is 0 Å². The van der Waals surface area contributed by atoms with E-state index in [9.17, 15) is 18.0 Å². The molecule has 3 aromatic rings. The van der Waals surface area contributed by atoms with E-state index in [0.717, 1.165) is 30.8 Å². The minimum Gasteiger partial charge on any atom is -0.325 e. The van der Waals surface area contributed by atoms with E-state index >= 15 is 0 Å². The topological polar surface area (TPSA) is 59.8 Å². The highest BCUT2D eigenvalue weighted by atomic mass is 32.2. The summed E-state index contributed by atoms with van der Waals surface area (Å²) in [5, 5.41) is 13.5. The van der Waals surface area contributed by atoms with Gasteiger partial charge in [-0.25, -0.2) is 0 Å². The van der Waals surface area contributed by atoms with E-state index in [4.69, 9.17) is 0 Å². The Labute approximate surface area is 179 Å². The number of carbonyl (C=O) groups excluding carboxylic acids is 1. The molecule has 1 amide bonds. The highest BCUT2D eigenvalue weighted by molar-refractivity contribution is 8.00. The Balaban J connectivity index is 1.42. The van der Waals surface area contributed by atoms with Gasteiger partial charge in [-0.15, -0.1) is 21.5 Å². The number of carbonyl (C=O) groups is 1. The molecule has 1 aliphatic rings. The summed E-state index contributed by atoms with van der Waals surface area (Å²) < 4.78 is 40.1. The number of hydrogen-bond donors (Lipinski definition) is 1. The zero-order chi connectivity index (χ0) is 21.3. The van der Waals surface area contributed by atoms with Gasteiger partial charge in [-0.2, -0.15) is 13.2 Å². The summed E-state index contributed by atoms with van der Waals surface area (Å²) in [5.41, 5.74) is -0.429. The van der Waals surface area contributed by atoms with Gasteiger partial charge in [-0.3, -0.25) is 4.79 Å². The van der Waals surface area contributed by atoms with Crippen molar-refractivity contribution in [3.63, 3.8) is 0 Å². The molecular formula is C20H19F3N4OS2. The lowest BCUT2D eigenvalue weighted by atomic mass is 10.2. The van der Waals surface area contributed by atoms with Crippen LogP contribution < -0.4 is 5.32 Å². The Bertz CT molecular complexity index is 1010. The van der Waals surface area contributed by atoms with E-state index in [-0.39, 0.29) is 5.91 Å². The Kier molecular flexibility index (Phi) is 5.88. The molecule has 0 radical (unpaired) electrons. The number of halogens is 3. The van der Waals surface area contributed by atoms with Gasteiger partial charge in [0.05, 0.1) is 10.8 Å². The molecule has 4 rings (SSSR count). The molecule has 1 unspecified atom stereocenters. The molecule has 158 valence electrons. The first kappa shape index (κ1) is 20.9. The van der Waals surface area contributed by atoms with Gasteiger partial charge in [-0.1, -0.05) is 17.8 Å².